The Balaban J connectivity index is 2.18. The van der Waals surface area contributed by atoms with Crippen LogP contribution in [0.15, 0.2) is 18.2 Å². The Morgan fingerprint density at radius 1 is 1.20 bits per heavy atom. The number of phenolic OH excluding ortho intramolecular Hbond substituents is 1. The molecule has 1 rings (SSSR count). The largest absolute Gasteiger partial charge is 0.508 e. The zero-order chi connectivity index (χ0) is 15.0. The molecule has 3 nitrogen and oxygen atoms in total. The summed E-state index contributed by atoms with van der Waals surface area (Å²) in [6.45, 7) is 7.01. The van der Waals surface area contributed by atoms with Crippen molar-refractivity contribution in [3.8, 4) is 5.75 Å². The average molecular weight is 277 g/mol. The topological polar surface area (TPSA) is 49.3 Å². The molecule has 0 saturated carbocycles. The van der Waals surface area contributed by atoms with E-state index in [1.54, 1.807) is 25.1 Å². The highest BCUT2D eigenvalue weighted by Crippen LogP contribution is 2.16. The molecule has 0 aliphatic rings. The molecule has 0 aliphatic heterocycles. The van der Waals surface area contributed by atoms with Crippen LogP contribution >= 0.6 is 0 Å². The summed E-state index contributed by atoms with van der Waals surface area (Å²) in [5.74, 6) is 0.953. The van der Waals surface area contributed by atoms with Gasteiger partial charge in [-0.3, -0.25) is 4.79 Å². The third kappa shape index (κ3) is 6.09. The highest BCUT2D eigenvalue weighted by atomic mass is 16.3. The molecule has 0 saturated heterocycles. The first-order valence-corrected chi connectivity index (χ1v) is 7.58. The number of amides is 1. The first-order chi connectivity index (χ1) is 9.50. The number of carbonyl (C=O) groups is 1. The van der Waals surface area contributed by atoms with Crippen molar-refractivity contribution in [3.05, 3.63) is 29.3 Å². The van der Waals surface area contributed by atoms with Gasteiger partial charge >= 0.3 is 0 Å². The predicted octanol–water partition coefficient (Wildman–Crippen LogP) is 4.04. The van der Waals surface area contributed by atoms with E-state index in [9.17, 15) is 9.90 Å². The Kier molecular flexibility index (Phi) is 7.13. The van der Waals surface area contributed by atoms with Crippen LogP contribution < -0.4 is 5.32 Å². The normalized spacial score (nSPS) is 10.8. The van der Waals surface area contributed by atoms with Crippen molar-refractivity contribution in [2.75, 3.05) is 6.54 Å². The summed E-state index contributed by atoms with van der Waals surface area (Å²) in [6.07, 6.45) is 6.01. The summed E-state index contributed by atoms with van der Waals surface area (Å²) < 4.78 is 0. The fraction of sp³-hybridized carbons (Fsp3) is 0.588. The zero-order valence-corrected chi connectivity index (χ0v) is 12.9. The van der Waals surface area contributed by atoms with E-state index in [1.165, 1.54) is 25.7 Å². The van der Waals surface area contributed by atoms with Gasteiger partial charge in [0.2, 0.25) is 0 Å². The molecule has 0 aliphatic carbocycles. The van der Waals surface area contributed by atoms with E-state index in [1.807, 2.05) is 0 Å². The van der Waals surface area contributed by atoms with Crippen molar-refractivity contribution in [2.45, 2.75) is 52.9 Å². The molecule has 20 heavy (non-hydrogen) atoms. The molecule has 2 N–H and O–H groups in total. The van der Waals surface area contributed by atoms with Gasteiger partial charge in [-0.25, -0.2) is 0 Å². The quantitative estimate of drug-likeness (QED) is 0.705. The highest BCUT2D eigenvalue weighted by molar-refractivity contribution is 5.94. The van der Waals surface area contributed by atoms with Crippen molar-refractivity contribution in [3.63, 3.8) is 0 Å². The van der Waals surface area contributed by atoms with Crippen LogP contribution in [0.2, 0.25) is 0 Å². The second-order valence-corrected chi connectivity index (χ2v) is 5.85. The number of carbonyl (C=O) groups excluding carboxylic acids is 1. The number of phenols is 1. The van der Waals surface area contributed by atoms with Gasteiger partial charge in [-0.1, -0.05) is 39.5 Å². The number of benzene rings is 1. The Morgan fingerprint density at radius 3 is 2.55 bits per heavy atom. The van der Waals surface area contributed by atoms with Crippen molar-refractivity contribution >= 4 is 5.91 Å². The van der Waals surface area contributed by atoms with E-state index in [-0.39, 0.29) is 11.7 Å². The van der Waals surface area contributed by atoms with E-state index >= 15 is 0 Å². The molecule has 112 valence electrons. The molecule has 0 fully saturated rings. The lowest BCUT2D eigenvalue weighted by molar-refractivity contribution is 0.0953. The fourth-order valence-electron chi connectivity index (χ4n) is 2.13. The fourth-order valence-corrected chi connectivity index (χ4v) is 2.13. The first-order valence-electron chi connectivity index (χ1n) is 7.58. The number of hydrogen-bond acceptors (Lipinski definition) is 2. The summed E-state index contributed by atoms with van der Waals surface area (Å²) >= 11 is 0. The summed E-state index contributed by atoms with van der Waals surface area (Å²) in [5.41, 5.74) is 1.34. The summed E-state index contributed by atoms with van der Waals surface area (Å²) in [5, 5.41) is 12.4. The number of hydrogen-bond donors (Lipinski definition) is 2. The van der Waals surface area contributed by atoms with Crippen LogP contribution in [-0.2, 0) is 0 Å². The van der Waals surface area contributed by atoms with Crippen LogP contribution in [0, 0.1) is 12.8 Å². The molecular formula is C17H27NO2. The van der Waals surface area contributed by atoms with Gasteiger partial charge in [0, 0.05) is 12.1 Å². The van der Waals surface area contributed by atoms with Crippen LogP contribution in [0.4, 0.5) is 0 Å². The van der Waals surface area contributed by atoms with Crippen LogP contribution in [-0.4, -0.2) is 17.6 Å². The van der Waals surface area contributed by atoms with Crippen molar-refractivity contribution < 1.29 is 9.90 Å². The van der Waals surface area contributed by atoms with Crippen molar-refractivity contribution in [1.29, 1.82) is 0 Å². The molecule has 0 atom stereocenters. The lowest BCUT2D eigenvalue weighted by Crippen LogP contribution is -2.24. The number of aryl methyl sites for hydroxylation is 1. The summed E-state index contributed by atoms with van der Waals surface area (Å²) in [7, 11) is 0. The van der Waals surface area contributed by atoms with Crippen LogP contribution in [0.5, 0.6) is 5.75 Å². The molecule has 1 amide bonds. The van der Waals surface area contributed by atoms with E-state index < -0.39 is 0 Å². The molecule has 3 heteroatoms. The molecule has 0 aromatic heterocycles. The zero-order valence-electron chi connectivity index (χ0n) is 12.9. The molecular weight excluding hydrogens is 250 g/mol. The van der Waals surface area contributed by atoms with Crippen LogP contribution in [0.25, 0.3) is 0 Å². The third-order valence-electron chi connectivity index (χ3n) is 3.45. The number of nitrogens with one attached hydrogen (secondary N) is 1. The lowest BCUT2D eigenvalue weighted by atomic mass is 10.0. The molecule has 0 unspecified atom stereocenters. The standard InChI is InChI=1S/C17H27NO2/c1-13(2)8-6-4-5-7-11-18-17(20)15-9-10-16(19)14(3)12-15/h9-10,12-13,19H,4-8,11H2,1-3H3,(H,18,20). The Morgan fingerprint density at radius 2 is 1.90 bits per heavy atom. The van der Waals surface area contributed by atoms with E-state index in [2.05, 4.69) is 19.2 Å². The molecule has 1 aromatic rings. The minimum absolute atomic E-state index is 0.0599. The van der Waals surface area contributed by atoms with E-state index in [4.69, 9.17) is 0 Å². The number of unbranched alkanes of at least 4 members (excludes halogenated alkanes) is 3. The minimum Gasteiger partial charge on any atom is -0.508 e. The molecule has 0 heterocycles. The minimum atomic E-state index is -0.0599. The summed E-state index contributed by atoms with van der Waals surface area (Å²) in [6, 6.07) is 4.93. The van der Waals surface area contributed by atoms with Gasteiger partial charge in [0.15, 0.2) is 0 Å². The van der Waals surface area contributed by atoms with Gasteiger partial charge in [-0.05, 0) is 43.0 Å². The van der Waals surface area contributed by atoms with Crippen molar-refractivity contribution in [2.24, 2.45) is 5.92 Å². The SMILES string of the molecule is Cc1cc(C(=O)NCCCCCCC(C)C)ccc1O. The number of rotatable bonds is 8. The van der Waals surface area contributed by atoms with Gasteiger partial charge in [0.25, 0.3) is 5.91 Å². The Hall–Kier alpha value is -1.51. The second kappa shape index (κ2) is 8.62. The molecule has 1 aromatic carbocycles. The van der Waals surface area contributed by atoms with E-state index in [0.29, 0.717) is 5.56 Å². The maximum atomic E-state index is 11.9. The van der Waals surface area contributed by atoms with Crippen molar-refractivity contribution in [1.82, 2.24) is 5.32 Å². The maximum absolute atomic E-state index is 11.9. The van der Waals surface area contributed by atoms with Crippen LogP contribution in [0.1, 0.15) is 61.9 Å². The number of aromatic hydroxyl groups is 1. The molecule has 0 radical (unpaired) electrons. The predicted molar refractivity (Wildman–Crippen MR) is 83.1 cm³/mol. The van der Waals surface area contributed by atoms with Gasteiger partial charge in [-0.2, -0.15) is 0 Å². The lowest BCUT2D eigenvalue weighted by Gasteiger charge is -2.07. The van der Waals surface area contributed by atoms with Crippen LogP contribution in [0.3, 0.4) is 0 Å². The highest BCUT2D eigenvalue weighted by Gasteiger charge is 2.06. The van der Waals surface area contributed by atoms with Gasteiger partial charge in [0.05, 0.1) is 0 Å². The Labute approximate surface area is 122 Å². The van der Waals surface area contributed by atoms with Gasteiger partial charge in [0.1, 0.15) is 5.75 Å². The molecule has 0 spiro atoms. The van der Waals surface area contributed by atoms with Gasteiger partial charge < -0.3 is 10.4 Å². The van der Waals surface area contributed by atoms with Gasteiger partial charge in [-0.15, -0.1) is 0 Å². The second-order valence-electron chi connectivity index (χ2n) is 5.85. The third-order valence-corrected chi connectivity index (χ3v) is 3.45. The monoisotopic (exact) mass is 277 g/mol. The Bertz CT molecular complexity index is 427. The smallest absolute Gasteiger partial charge is 0.251 e. The summed E-state index contributed by atoms with van der Waals surface area (Å²) in [4.78, 5) is 11.9. The first kappa shape index (κ1) is 16.5. The maximum Gasteiger partial charge on any atom is 0.251 e. The van der Waals surface area contributed by atoms with E-state index in [0.717, 1.165) is 24.4 Å². The average Bonchev–Trinajstić information content (AvgIpc) is 2.40. The molecule has 0 bridgehead atoms.